The van der Waals surface area contributed by atoms with E-state index in [0.717, 1.165) is 173 Å². The third-order valence-corrected chi connectivity index (χ3v) is 13.5. The molecule has 0 aliphatic rings. The lowest BCUT2D eigenvalue weighted by atomic mass is 10.1. The van der Waals surface area contributed by atoms with Gasteiger partial charge < -0.3 is 14.2 Å². The lowest BCUT2D eigenvalue weighted by molar-refractivity contribution is -0.167. The molecule has 0 rings (SSSR count). The molecule has 0 saturated heterocycles. The SMILES string of the molecule is CC/C=C\C/C=C\C/C=C\C/C=C\C/C=C\C/C=C\C/C=C\C/C=C\C/C=C\CCCCCCCCCC(=O)OCC(COC(=O)CCCCCCC/C=C\C/C=C\CCCC)OC(=O)CCCCCCC/C=C\C/C=C\CCCC. The molecule has 0 spiro atoms. The molecule has 1 unspecified atom stereocenters. The van der Waals surface area contributed by atoms with Crippen LogP contribution in [0.1, 0.15) is 278 Å². The molecule has 0 saturated carbocycles. The summed E-state index contributed by atoms with van der Waals surface area (Å²) in [6.45, 7) is 6.41. The zero-order valence-electron chi connectivity index (χ0n) is 52.2. The highest BCUT2D eigenvalue weighted by atomic mass is 16.6. The Hall–Kier alpha value is -4.97. The molecule has 0 radical (unpaired) electrons. The molecule has 456 valence electrons. The number of hydrogen-bond acceptors (Lipinski definition) is 6. The van der Waals surface area contributed by atoms with Crippen molar-refractivity contribution in [2.45, 2.75) is 284 Å². The van der Waals surface area contributed by atoms with E-state index in [1.54, 1.807) is 0 Å². The standard InChI is InChI=1S/C75H120O6/c1-4-7-10-13-16-19-22-25-28-29-30-31-32-33-34-35-36-37-38-39-40-41-42-43-44-45-46-47-48-51-53-56-59-62-65-68-74(77)80-71-72(81-75(78)69-66-63-60-57-54-50-27-24-21-18-15-12-9-6-3)70-79-73(76)67-64-61-58-55-52-49-26-23-20-17-14-11-8-5-2/h7,10,14-19,23-28,30-31,33-34,36-37,39-40,42-43,45-46,72H,4-6,8-9,11-13,20-22,29,32,35,38,41,44,47-71H2,1-3H3/b10-7-,17-14-,18-15-,19-16-,26-23-,27-24-,28-25-,31-30-,34-33-,37-36-,40-39-,43-42-,46-45-. The van der Waals surface area contributed by atoms with E-state index in [9.17, 15) is 14.4 Å². The van der Waals surface area contributed by atoms with Gasteiger partial charge in [-0.25, -0.2) is 0 Å². The van der Waals surface area contributed by atoms with Gasteiger partial charge in [-0.3, -0.25) is 14.4 Å². The Balaban J connectivity index is 4.29. The fourth-order valence-corrected chi connectivity index (χ4v) is 8.53. The number of unbranched alkanes of at least 4 members (excludes halogenated alkanes) is 21. The molecule has 0 aromatic heterocycles. The van der Waals surface area contributed by atoms with Crippen molar-refractivity contribution in [2.75, 3.05) is 13.2 Å². The summed E-state index contributed by atoms with van der Waals surface area (Å²) < 4.78 is 16.9. The quantitative estimate of drug-likeness (QED) is 0.0261. The molecule has 0 N–H and O–H groups in total. The zero-order valence-corrected chi connectivity index (χ0v) is 52.2. The Morgan fingerprint density at radius 2 is 0.481 bits per heavy atom. The second-order valence-electron chi connectivity index (χ2n) is 21.3. The first kappa shape index (κ1) is 76.0. The van der Waals surface area contributed by atoms with E-state index in [0.29, 0.717) is 19.3 Å². The van der Waals surface area contributed by atoms with Crippen LogP contribution in [0.3, 0.4) is 0 Å². The molecule has 81 heavy (non-hydrogen) atoms. The van der Waals surface area contributed by atoms with Crippen LogP contribution in [0.15, 0.2) is 158 Å². The van der Waals surface area contributed by atoms with Gasteiger partial charge in [-0.2, -0.15) is 0 Å². The molecule has 1 atom stereocenters. The van der Waals surface area contributed by atoms with Gasteiger partial charge in [0.05, 0.1) is 0 Å². The smallest absolute Gasteiger partial charge is 0.306 e. The van der Waals surface area contributed by atoms with Gasteiger partial charge in [0, 0.05) is 19.3 Å². The number of rotatable bonds is 58. The van der Waals surface area contributed by atoms with E-state index in [-0.39, 0.29) is 31.1 Å². The van der Waals surface area contributed by atoms with Crippen LogP contribution in [-0.2, 0) is 28.6 Å². The topological polar surface area (TPSA) is 78.9 Å². The third kappa shape index (κ3) is 65.7. The normalized spacial score (nSPS) is 13.2. The number of esters is 3. The van der Waals surface area contributed by atoms with E-state index in [4.69, 9.17) is 14.2 Å². The Labute approximate surface area is 499 Å². The summed E-state index contributed by atoms with van der Waals surface area (Å²) in [4.78, 5) is 38.3. The van der Waals surface area contributed by atoms with E-state index >= 15 is 0 Å². The molecule has 0 heterocycles. The van der Waals surface area contributed by atoms with Crippen LogP contribution in [0.25, 0.3) is 0 Å². The summed E-state index contributed by atoms with van der Waals surface area (Å²) in [5, 5.41) is 0. The number of ether oxygens (including phenoxy) is 3. The molecule has 0 bridgehead atoms. The van der Waals surface area contributed by atoms with Gasteiger partial charge in [-0.05, 0) is 141 Å². The Kier molecular flexibility index (Phi) is 63.4. The summed E-state index contributed by atoms with van der Waals surface area (Å²) in [5.74, 6) is -0.940. The average molecular weight is 1120 g/mol. The Bertz CT molecular complexity index is 1810. The van der Waals surface area contributed by atoms with Gasteiger partial charge in [0.2, 0.25) is 0 Å². The van der Waals surface area contributed by atoms with Crippen molar-refractivity contribution in [1.82, 2.24) is 0 Å². The second-order valence-corrected chi connectivity index (χ2v) is 21.3. The van der Waals surface area contributed by atoms with Crippen LogP contribution < -0.4 is 0 Å². The van der Waals surface area contributed by atoms with Crippen LogP contribution in [-0.4, -0.2) is 37.2 Å². The lowest BCUT2D eigenvalue weighted by Crippen LogP contribution is -2.30. The van der Waals surface area contributed by atoms with Gasteiger partial charge in [-0.15, -0.1) is 0 Å². The summed E-state index contributed by atoms with van der Waals surface area (Å²) in [7, 11) is 0. The number of carbonyl (C=O) groups excluding carboxylic acids is 3. The number of allylic oxidation sites excluding steroid dienone is 26. The maximum atomic E-state index is 12.9. The van der Waals surface area contributed by atoms with Crippen molar-refractivity contribution in [3.63, 3.8) is 0 Å². The molecular formula is C75H120O6. The summed E-state index contributed by atoms with van der Waals surface area (Å²) >= 11 is 0. The predicted molar refractivity (Wildman–Crippen MR) is 352 cm³/mol. The van der Waals surface area contributed by atoms with Gasteiger partial charge in [0.1, 0.15) is 13.2 Å². The fraction of sp³-hybridized carbons (Fsp3) is 0.613. The number of hydrogen-bond donors (Lipinski definition) is 0. The summed E-state index contributed by atoms with van der Waals surface area (Å²) in [6, 6.07) is 0. The van der Waals surface area contributed by atoms with Crippen molar-refractivity contribution in [1.29, 1.82) is 0 Å². The third-order valence-electron chi connectivity index (χ3n) is 13.5. The molecule has 0 aromatic carbocycles. The van der Waals surface area contributed by atoms with Crippen molar-refractivity contribution in [3.05, 3.63) is 158 Å². The van der Waals surface area contributed by atoms with Crippen LogP contribution in [0.5, 0.6) is 0 Å². The molecule has 6 nitrogen and oxygen atoms in total. The average Bonchev–Trinajstić information content (AvgIpc) is 3.47. The summed E-state index contributed by atoms with van der Waals surface area (Å²) in [6.07, 6.45) is 98.2. The molecule has 6 heteroatoms. The maximum absolute atomic E-state index is 12.9. The van der Waals surface area contributed by atoms with Crippen LogP contribution >= 0.6 is 0 Å². The van der Waals surface area contributed by atoms with Gasteiger partial charge in [-0.1, -0.05) is 275 Å². The second kappa shape index (κ2) is 67.5. The first-order valence-corrected chi connectivity index (χ1v) is 33.0. The van der Waals surface area contributed by atoms with Crippen molar-refractivity contribution in [2.24, 2.45) is 0 Å². The minimum Gasteiger partial charge on any atom is -0.462 e. The molecule has 0 aliphatic carbocycles. The minimum absolute atomic E-state index is 0.0992. The van der Waals surface area contributed by atoms with Gasteiger partial charge >= 0.3 is 17.9 Å². The van der Waals surface area contributed by atoms with Gasteiger partial charge in [0.25, 0.3) is 0 Å². The monoisotopic (exact) mass is 1120 g/mol. The Morgan fingerprint density at radius 1 is 0.259 bits per heavy atom. The van der Waals surface area contributed by atoms with Crippen molar-refractivity contribution >= 4 is 17.9 Å². The van der Waals surface area contributed by atoms with E-state index in [2.05, 4.69) is 179 Å². The first-order valence-electron chi connectivity index (χ1n) is 33.0. The highest BCUT2D eigenvalue weighted by Crippen LogP contribution is 2.14. The Morgan fingerprint density at radius 3 is 0.753 bits per heavy atom. The minimum atomic E-state index is -0.803. The largest absolute Gasteiger partial charge is 0.462 e. The first-order chi connectivity index (χ1) is 40.0. The molecule has 0 amide bonds. The predicted octanol–water partition coefficient (Wildman–Crippen LogP) is 22.9. The molecular weight excluding hydrogens is 997 g/mol. The number of carbonyl (C=O) groups is 3. The highest BCUT2D eigenvalue weighted by Gasteiger charge is 2.19. The highest BCUT2D eigenvalue weighted by molar-refractivity contribution is 5.71. The zero-order chi connectivity index (χ0) is 58.5. The summed E-state index contributed by atoms with van der Waals surface area (Å²) in [5.41, 5.74) is 0. The van der Waals surface area contributed by atoms with Gasteiger partial charge in [0.15, 0.2) is 6.10 Å². The van der Waals surface area contributed by atoms with E-state index in [1.807, 2.05) is 0 Å². The fourth-order valence-electron chi connectivity index (χ4n) is 8.53. The maximum Gasteiger partial charge on any atom is 0.306 e. The molecule has 0 aliphatic heterocycles. The molecule has 0 fully saturated rings. The van der Waals surface area contributed by atoms with E-state index < -0.39 is 6.10 Å². The van der Waals surface area contributed by atoms with Crippen LogP contribution in [0.4, 0.5) is 0 Å². The molecule has 0 aromatic rings. The van der Waals surface area contributed by atoms with Crippen LogP contribution in [0.2, 0.25) is 0 Å². The van der Waals surface area contributed by atoms with E-state index in [1.165, 1.54) is 64.2 Å². The van der Waals surface area contributed by atoms with Crippen molar-refractivity contribution < 1.29 is 28.6 Å². The lowest BCUT2D eigenvalue weighted by Gasteiger charge is -2.18. The van der Waals surface area contributed by atoms with Crippen LogP contribution in [0, 0.1) is 0 Å². The van der Waals surface area contributed by atoms with Crippen molar-refractivity contribution in [3.8, 4) is 0 Å².